The third-order valence-electron chi connectivity index (χ3n) is 2.94. The SMILES string of the molecule is O=S(=O)(NCc1ccc(C(F)(F)F)cc1F)c1cccc(Br)c1. The van der Waals surface area contributed by atoms with Crippen molar-refractivity contribution in [1.29, 1.82) is 0 Å². The summed E-state index contributed by atoms with van der Waals surface area (Å²) in [5.74, 6) is -1.13. The number of alkyl halides is 3. The molecule has 0 saturated carbocycles. The maximum Gasteiger partial charge on any atom is 0.416 e. The molecule has 0 spiro atoms. The van der Waals surface area contributed by atoms with Gasteiger partial charge in [-0.1, -0.05) is 28.1 Å². The van der Waals surface area contributed by atoms with Gasteiger partial charge in [0.05, 0.1) is 10.5 Å². The number of hydrogen-bond acceptors (Lipinski definition) is 2. The zero-order chi connectivity index (χ0) is 17.3. The summed E-state index contributed by atoms with van der Waals surface area (Å²) >= 11 is 3.13. The number of sulfonamides is 1. The van der Waals surface area contributed by atoms with E-state index in [2.05, 4.69) is 20.7 Å². The van der Waals surface area contributed by atoms with Crippen molar-refractivity contribution >= 4 is 26.0 Å². The van der Waals surface area contributed by atoms with Gasteiger partial charge in [0.25, 0.3) is 0 Å². The summed E-state index contributed by atoms with van der Waals surface area (Å²) < 4.78 is 77.8. The second-order valence-electron chi connectivity index (χ2n) is 4.59. The highest BCUT2D eigenvalue weighted by Gasteiger charge is 2.31. The molecule has 0 aliphatic carbocycles. The number of nitrogens with one attached hydrogen (secondary N) is 1. The van der Waals surface area contributed by atoms with Gasteiger partial charge in [-0.2, -0.15) is 13.2 Å². The fourth-order valence-electron chi connectivity index (χ4n) is 1.76. The Hall–Kier alpha value is -1.45. The maximum atomic E-state index is 13.7. The summed E-state index contributed by atoms with van der Waals surface area (Å²) in [4.78, 5) is -0.0424. The summed E-state index contributed by atoms with van der Waals surface area (Å²) in [6.07, 6.45) is -4.66. The van der Waals surface area contributed by atoms with Gasteiger partial charge in [-0.3, -0.25) is 0 Å². The second kappa shape index (κ2) is 6.58. The van der Waals surface area contributed by atoms with Crippen molar-refractivity contribution < 1.29 is 26.0 Å². The predicted molar refractivity (Wildman–Crippen MR) is 79.6 cm³/mol. The second-order valence-corrected chi connectivity index (χ2v) is 7.27. The summed E-state index contributed by atoms with van der Waals surface area (Å²) in [7, 11) is -3.91. The van der Waals surface area contributed by atoms with Crippen molar-refractivity contribution in [3.05, 3.63) is 63.9 Å². The molecule has 2 aromatic rings. The molecule has 0 heterocycles. The smallest absolute Gasteiger partial charge is 0.207 e. The van der Waals surface area contributed by atoms with E-state index >= 15 is 0 Å². The monoisotopic (exact) mass is 411 g/mol. The first kappa shape index (κ1) is 17.9. The van der Waals surface area contributed by atoms with Crippen LogP contribution >= 0.6 is 15.9 Å². The normalized spacial score (nSPS) is 12.4. The third-order valence-corrected chi connectivity index (χ3v) is 4.83. The van der Waals surface area contributed by atoms with E-state index in [-0.39, 0.29) is 10.5 Å². The minimum absolute atomic E-state index is 0.0424. The minimum Gasteiger partial charge on any atom is -0.207 e. The lowest BCUT2D eigenvalue weighted by atomic mass is 10.1. The van der Waals surface area contributed by atoms with Crippen LogP contribution in [0.4, 0.5) is 17.6 Å². The lowest BCUT2D eigenvalue weighted by Gasteiger charge is -2.10. The van der Waals surface area contributed by atoms with Crippen LogP contribution in [0, 0.1) is 5.82 Å². The Labute approximate surface area is 138 Å². The first-order chi connectivity index (χ1) is 10.6. The van der Waals surface area contributed by atoms with Gasteiger partial charge >= 0.3 is 6.18 Å². The predicted octanol–water partition coefficient (Wildman–Crippen LogP) is 4.09. The van der Waals surface area contributed by atoms with Crippen molar-refractivity contribution in [2.24, 2.45) is 0 Å². The van der Waals surface area contributed by atoms with Crippen LogP contribution in [-0.2, 0) is 22.7 Å². The van der Waals surface area contributed by atoms with E-state index in [4.69, 9.17) is 0 Å². The molecule has 0 bridgehead atoms. The molecule has 9 heteroatoms. The van der Waals surface area contributed by atoms with Crippen LogP contribution in [0.1, 0.15) is 11.1 Å². The standard InChI is InChI=1S/C14H10BrF4NO2S/c15-11-2-1-3-12(7-11)23(21,22)20-8-9-4-5-10(6-13(9)16)14(17,18)19/h1-7,20H,8H2. The number of halogens is 5. The highest BCUT2D eigenvalue weighted by atomic mass is 79.9. The van der Waals surface area contributed by atoms with Crippen LogP contribution in [0.2, 0.25) is 0 Å². The Morgan fingerprint density at radius 3 is 2.35 bits per heavy atom. The quantitative estimate of drug-likeness (QED) is 0.770. The van der Waals surface area contributed by atoms with Gasteiger partial charge in [0.2, 0.25) is 10.0 Å². The first-order valence-corrected chi connectivity index (χ1v) is 8.48. The molecule has 0 fully saturated rings. The molecule has 2 aromatic carbocycles. The number of hydrogen-bond donors (Lipinski definition) is 1. The molecule has 23 heavy (non-hydrogen) atoms. The van der Waals surface area contributed by atoms with Gasteiger partial charge in [-0.05, 0) is 30.3 Å². The lowest BCUT2D eigenvalue weighted by molar-refractivity contribution is -0.137. The molecule has 0 radical (unpaired) electrons. The zero-order valence-electron chi connectivity index (χ0n) is 11.4. The Morgan fingerprint density at radius 2 is 1.78 bits per heavy atom. The minimum atomic E-state index is -4.66. The van der Waals surface area contributed by atoms with Gasteiger partial charge in [0.1, 0.15) is 5.82 Å². The Morgan fingerprint density at radius 1 is 1.09 bits per heavy atom. The lowest BCUT2D eigenvalue weighted by Crippen LogP contribution is -2.24. The van der Waals surface area contributed by atoms with Crippen molar-refractivity contribution in [3.8, 4) is 0 Å². The molecule has 124 valence electrons. The van der Waals surface area contributed by atoms with Gasteiger partial charge in [0, 0.05) is 16.6 Å². The van der Waals surface area contributed by atoms with Crippen molar-refractivity contribution in [2.45, 2.75) is 17.6 Å². The molecule has 1 N–H and O–H groups in total. The fraction of sp³-hybridized carbons (Fsp3) is 0.143. The van der Waals surface area contributed by atoms with E-state index in [1.165, 1.54) is 18.2 Å². The van der Waals surface area contributed by atoms with E-state index in [1.54, 1.807) is 6.07 Å². The Kier molecular flexibility index (Phi) is 5.12. The highest BCUT2D eigenvalue weighted by Crippen LogP contribution is 2.30. The van der Waals surface area contributed by atoms with Crippen LogP contribution in [0.3, 0.4) is 0 Å². The molecule has 3 nitrogen and oxygen atoms in total. The summed E-state index contributed by atoms with van der Waals surface area (Å²) in [6.45, 7) is -0.460. The van der Waals surface area contributed by atoms with Crippen molar-refractivity contribution in [3.63, 3.8) is 0 Å². The Balaban J connectivity index is 2.18. The van der Waals surface area contributed by atoms with Crippen LogP contribution in [0.15, 0.2) is 51.8 Å². The van der Waals surface area contributed by atoms with E-state index < -0.39 is 34.1 Å². The van der Waals surface area contributed by atoms with Gasteiger partial charge in [0.15, 0.2) is 0 Å². The average Bonchev–Trinajstić information content (AvgIpc) is 2.45. The molecule has 0 unspecified atom stereocenters. The number of rotatable bonds is 4. The average molecular weight is 412 g/mol. The number of benzene rings is 2. The first-order valence-electron chi connectivity index (χ1n) is 6.20. The molecular weight excluding hydrogens is 402 g/mol. The maximum absolute atomic E-state index is 13.7. The summed E-state index contributed by atoms with van der Waals surface area (Å²) in [5, 5.41) is 0. The Bertz CT molecular complexity index is 822. The van der Waals surface area contributed by atoms with Gasteiger partial charge in [-0.25, -0.2) is 17.5 Å². The summed E-state index contributed by atoms with van der Waals surface area (Å²) in [6, 6.07) is 7.78. The zero-order valence-corrected chi connectivity index (χ0v) is 13.8. The third kappa shape index (κ3) is 4.52. The van der Waals surface area contributed by atoms with Crippen molar-refractivity contribution in [2.75, 3.05) is 0 Å². The summed E-state index contributed by atoms with van der Waals surface area (Å²) in [5.41, 5.74) is -1.31. The van der Waals surface area contributed by atoms with Crippen LogP contribution < -0.4 is 4.72 Å². The topological polar surface area (TPSA) is 46.2 Å². The largest absolute Gasteiger partial charge is 0.416 e. The van der Waals surface area contributed by atoms with E-state index in [1.807, 2.05) is 0 Å². The molecular formula is C14H10BrF4NO2S. The molecule has 0 atom stereocenters. The van der Waals surface area contributed by atoms with Crippen LogP contribution in [0.5, 0.6) is 0 Å². The van der Waals surface area contributed by atoms with Gasteiger partial charge < -0.3 is 0 Å². The fourth-order valence-corrected chi connectivity index (χ4v) is 3.36. The molecule has 0 aromatic heterocycles. The molecule has 0 saturated heterocycles. The van der Waals surface area contributed by atoms with E-state index in [0.717, 1.165) is 6.07 Å². The molecule has 0 aliphatic rings. The van der Waals surface area contributed by atoms with Crippen molar-refractivity contribution in [1.82, 2.24) is 4.72 Å². The van der Waals surface area contributed by atoms with Gasteiger partial charge in [-0.15, -0.1) is 0 Å². The highest BCUT2D eigenvalue weighted by molar-refractivity contribution is 9.10. The van der Waals surface area contributed by atoms with E-state index in [0.29, 0.717) is 16.6 Å². The van der Waals surface area contributed by atoms with Crippen LogP contribution in [-0.4, -0.2) is 8.42 Å². The molecule has 0 aliphatic heterocycles. The van der Waals surface area contributed by atoms with Crippen LogP contribution in [0.25, 0.3) is 0 Å². The molecule has 2 rings (SSSR count). The van der Waals surface area contributed by atoms with E-state index in [9.17, 15) is 26.0 Å². The molecule has 0 amide bonds.